The lowest BCUT2D eigenvalue weighted by Crippen LogP contribution is -2.60. The van der Waals surface area contributed by atoms with Crippen molar-refractivity contribution in [2.75, 3.05) is 62.2 Å². The number of fused-ring (bicyclic) bond motifs is 2. The number of phenolic OH excluding ortho intramolecular Hbond substituents is 1. The third-order valence-corrected chi connectivity index (χ3v) is 14.0. The number of piperidine rings is 3. The molecule has 6 aliphatic heterocycles. The molecule has 60 heavy (non-hydrogen) atoms. The summed E-state index contributed by atoms with van der Waals surface area (Å²) in [5, 5.41) is 12.5. The molecule has 4 fully saturated rings. The molecule has 4 aromatic carbocycles. The second-order valence-corrected chi connectivity index (χ2v) is 17.7. The zero-order valence-corrected chi connectivity index (χ0v) is 33.4. The number of rotatable bonds is 7. The molecule has 10 nitrogen and oxygen atoms in total. The molecule has 312 valence electrons. The van der Waals surface area contributed by atoms with Gasteiger partial charge in [0.05, 0.1) is 18.8 Å². The number of hydrogen-bond donors (Lipinski definition) is 1. The van der Waals surface area contributed by atoms with E-state index in [9.17, 15) is 23.9 Å². The highest BCUT2D eigenvalue weighted by Crippen LogP contribution is 2.49. The maximum absolute atomic E-state index is 16.1. The zero-order valence-electron chi connectivity index (χ0n) is 33.4. The van der Waals surface area contributed by atoms with Crippen molar-refractivity contribution < 1.29 is 37.4 Å². The van der Waals surface area contributed by atoms with Gasteiger partial charge in [0.25, 0.3) is 5.91 Å². The number of benzene rings is 4. The SMILES string of the molecule is O=C1c2ccc(N3CC4(CCN(CC5CCN(c6ccc([C@H]7c8ccc(O)cc8OC[C@H]7c7cccc(F)c7F)cc6F)CC5)CC4)C3)cc2CN1N1C(=O)CCCC1=O. The van der Waals surface area contributed by atoms with Crippen LogP contribution in [0.5, 0.6) is 11.5 Å². The molecular weight excluding hydrogens is 772 g/mol. The molecule has 0 radical (unpaired) electrons. The Morgan fingerprint density at radius 2 is 1.55 bits per heavy atom. The van der Waals surface area contributed by atoms with Gasteiger partial charge >= 0.3 is 0 Å². The maximum Gasteiger partial charge on any atom is 0.273 e. The molecule has 4 aromatic rings. The number of hydrazine groups is 1. The van der Waals surface area contributed by atoms with Crippen LogP contribution in [-0.2, 0) is 16.1 Å². The van der Waals surface area contributed by atoms with Crippen LogP contribution in [0.2, 0.25) is 0 Å². The summed E-state index contributed by atoms with van der Waals surface area (Å²) in [5.41, 5.74) is 4.77. The Kier molecular flexibility index (Phi) is 9.76. The van der Waals surface area contributed by atoms with Gasteiger partial charge in [-0.2, -0.15) is 5.01 Å². The van der Waals surface area contributed by atoms with Crippen molar-refractivity contribution in [2.45, 2.75) is 63.3 Å². The number of hydrogen-bond acceptors (Lipinski definition) is 8. The molecule has 0 aliphatic carbocycles. The Bertz CT molecular complexity index is 2350. The molecule has 6 heterocycles. The van der Waals surface area contributed by atoms with Crippen LogP contribution in [-0.4, -0.2) is 90.2 Å². The minimum absolute atomic E-state index is 0.0264. The Labute approximate surface area is 347 Å². The number of carbonyl (C=O) groups is 3. The van der Waals surface area contributed by atoms with Crippen LogP contribution in [0.4, 0.5) is 24.5 Å². The molecule has 10 rings (SSSR count). The van der Waals surface area contributed by atoms with Crippen molar-refractivity contribution in [1.29, 1.82) is 0 Å². The number of anilines is 2. The van der Waals surface area contributed by atoms with Gasteiger partial charge in [-0.1, -0.05) is 24.3 Å². The highest BCUT2D eigenvalue weighted by molar-refractivity contribution is 6.04. The molecule has 4 saturated heterocycles. The average Bonchev–Trinajstić information content (AvgIpc) is 3.55. The number of amides is 3. The lowest BCUT2D eigenvalue weighted by molar-refractivity contribution is -0.163. The molecule has 1 spiro atoms. The third-order valence-electron chi connectivity index (χ3n) is 14.0. The van der Waals surface area contributed by atoms with Crippen molar-refractivity contribution in [3.8, 4) is 11.5 Å². The molecule has 2 atom stereocenters. The van der Waals surface area contributed by atoms with Crippen LogP contribution < -0.4 is 14.5 Å². The standard InChI is InChI=1S/C47H48F3N5O5/c48-38-4-1-3-35(45(38)50)37-26-60-41-23-33(56)9-11-36(41)44(37)30-7-12-40(39(49)22-30)52-17-13-29(14-18-52)24-51-19-15-47(16-20-51)27-53(28-47)32-8-10-34-31(21-32)25-54(46(34)59)55-42(57)5-2-6-43(55)58/h1,3-4,7-12,21-23,29,37,44,56H,2,5-6,13-20,24-28H2/t37-,44-/m0/s1. The van der Waals surface area contributed by atoms with Crippen LogP contribution in [0.3, 0.4) is 0 Å². The molecule has 0 aromatic heterocycles. The molecule has 6 aliphatic rings. The van der Waals surface area contributed by atoms with Gasteiger partial charge in [-0.05, 0) is 110 Å². The van der Waals surface area contributed by atoms with Crippen LogP contribution in [0.1, 0.15) is 89.4 Å². The first kappa shape index (κ1) is 38.6. The van der Waals surface area contributed by atoms with Crippen molar-refractivity contribution in [3.05, 3.63) is 118 Å². The van der Waals surface area contributed by atoms with E-state index >= 15 is 8.78 Å². The fraction of sp³-hybridized carbons (Fsp3) is 0.426. The normalized spacial score (nSPS) is 23.1. The van der Waals surface area contributed by atoms with Crippen LogP contribution in [0.15, 0.2) is 72.8 Å². The Hall–Kier alpha value is -5.56. The molecular formula is C47H48F3N5O5. The number of phenols is 1. The van der Waals surface area contributed by atoms with E-state index in [1.165, 1.54) is 29.3 Å². The predicted octanol–water partition coefficient (Wildman–Crippen LogP) is 7.35. The molecule has 13 heteroatoms. The molecule has 0 bridgehead atoms. The molecule has 0 unspecified atom stereocenters. The van der Waals surface area contributed by atoms with E-state index in [1.54, 1.807) is 12.1 Å². The fourth-order valence-corrected chi connectivity index (χ4v) is 10.7. The first-order valence-corrected chi connectivity index (χ1v) is 21.3. The van der Waals surface area contributed by atoms with Gasteiger partial charge in [-0.3, -0.25) is 14.4 Å². The van der Waals surface area contributed by atoms with Crippen LogP contribution in [0, 0.1) is 28.8 Å². The Balaban J connectivity index is 0.730. The smallest absolute Gasteiger partial charge is 0.273 e. The fourth-order valence-electron chi connectivity index (χ4n) is 10.7. The predicted molar refractivity (Wildman–Crippen MR) is 218 cm³/mol. The summed E-state index contributed by atoms with van der Waals surface area (Å²) in [4.78, 5) is 45.2. The highest BCUT2D eigenvalue weighted by Gasteiger charge is 2.46. The second-order valence-electron chi connectivity index (χ2n) is 17.7. The summed E-state index contributed by atoms with van der Waals surface area (Å²) in [6.45, 7) is 6.84. The van der Waals surface area contributed by atoms with E-state index in [1.807, 2.05) is 30.3 Å². The quantitative estimate of drug-likeness (QED) is 0.194. The average molecular weight is 820 g/mol. The minimum Gasteiger partial charge on any atom is -0.508 e. The van der Waals surface area contributed by atoms with E-state index in [2.05, 4.69) is 14.7 Å². The van der Waals surface area contributed by atoms with Gasteiger partial charge in [0.15, 0.2) is 11.6 Å². The Morgan fingerprint density at radius 3 is 2.30 bits per heavy atom. The summed E-state index contributed by atoms with van der Waals surface area (Å²) in [7, 11) is 0. The maximum atomic E-state index is 16.1. The number of halogens is 3. The summed E-state index contributed by atoms with van der Waals surface area (Å²) in [5.74, 6) is -3.29. The van der Waals surface area contributed by atoms with Gasteiger partial charge in [0.2, 0.25) is 11.8 Å². The van der Waals surface area contributed by atoms with E-state index in [0.29, 0.717) is 40.5 Å². The van der Waals surface area contributed by atoms with E-state index in [-0.39, 0.29) is 66.3 Å². The third kappa shape index (κ3) is 6.84. The molecule has 0 saturated carbocycles. The Morgan fingerprint density at radius 1 is 0.783 bits per heavy atom. The monoisotopic (exact) mass is 819 g/mol. The van der Waals surface area contributed by atoms with Gasteiger partial charge < -0.3 is 24.5 Å². The summed E-state index contributed by atoms with van der Waals surface area (Å²) < 4.78 is 51.5. The number of aromatic hydroxyl groups is 1. The van der Waals surface area contributed by atoms with Gasteiger partial charge in [0, 0.05) is 85.7 Å². The highest BCUT2D eigenvalue weighted by atomic mass is 19.2. The summed E-state index contributed by atoms with van der Waals surface area (Å²) >= 11 is 0. The van der Waals surface area contributed by atoms with Crippen LogP contribution >= 0.6 is 0 Å². The second kappa shape index (κ2) is 15.2. The van der Waals surface area contributed by atoms with Crippen molar-refractivity contribution >= 4 is 29.1 Å². The minimum atomic E-state index is -0.946. The zero-order chi connectivity index (χ0) is 41.3. The van der Waals surface area contributed by atoms with Crippen LogP contribution in [0.25, 0.3) is 0 Å². The van der Waals surface area contributed by atoms with E-state index in [0.717, 1.165) is 93.8 Å². The van der Waals surface area contributed by atoms with Crippen molar-refractivity contribution in [1.82, 2.24) is 14.9 Å². The first-order valence-electron chi connectivity index (χ1n) is 21.3. The summed E-state index contributed by atoms with van der Waals surface area (Å²) in [6, 6.07) is 19.9. The van der Waals surface area contributed by atoms with Gasteiger partial charge in [0.1, 0.15) is 17.3 Å². The topological polar surface area (TPSA) is 96.9 Å². The number of imide groups is 1. The van der Waals surface area contributed by atoms with Gasteiger partial charge in [-0.15, -0.1) is 0 Å². The van der Waals surface area contributed by atoms with Crippen molar-refractivity contribution in [3.63, 3.8) is 0 Å². The van der Waals surface area contributed by atoms with Gasteiger partial charge in [-0.25, -0.2) is 18.2 Å². The number of likely N-dealkylation sites (tertiary alicyclic amines) is 1. The first-order chi connectivity index (χ1) is 29.0. The van der Waals surface area contributed by atoms with E-state index in [4.69, 9.17) is 4.74 Å². The number of ether oxygens (including phenoxy) is 1. The number of nitrogens with zero attached hydrogens (tertiary/aromatic N) is 5. The summed E-state index contributed by atoms with van der Waals surface area (Å²) in [6.07, 6.45) is 5.26. The number of carbonyl (C=O) groups excluding carboxylic acids is 3. The molecule has 1 N–H and O–H groups in total. The van der Waals surface area contributed by atoms with E-state index < -0.39 is 23.5 Å². The van der Waals surface area contributed by atoms with Crippen molar-refractivity contribution in [2.24, 2.45) is 11.3 Å². The molecule has 3 amide bonds. The largest absolute Gasteiger partial charge is 0.508 e. The lowest BCUT2D eigenvalue weighted by Gasteiger charge is -2.55. The lowest BCUT2D eigenvalue weighted by atomic mass is 9.71.